The van der Waals surface area contributed by atoms with Crippen LogP contribution in [0.2, 0.25) is 25.7 Å². The Kier molecular flexibility index (Phi) is 7.54. The molecule has 37 heavy (non-hydrogen) atoms. The van der Waals surface area contributed by atoms with Crippen LogP contribution in [0.15, 0.2) is 61.3 Å². The highest BCUT2D eigenvalue weighted by Crippen LogP contribution is 2.44. The van der Waals surface area contributed by atoms with Gasteiger partial charge in [-0.15, -0.1) is 0 Å². The Morgan fingerprint density at radius 1 is 1.14 bits per heavy atom. The molecular formula is C29H36N6OSi. The maximum atomic E-state index is 9.62. The average molecular weight is 513 g/mol. The first-order valence-electron chi connectivity index (χ1n) is 13.3. The molecule has 5 rings (SSSR count). The van der Waals surface area contributed by atoms with Crippen molar-refractivity contribution in [2.45, 2.75) is 70.1 Å². The normalized spacial score (nSPS) is 18.8. The minimum absolute atomic E-state index is 0.0640. The zero-order valence-electron chi connectivity index (χ0n) is 22.0. The number of nitrogens with zero attached hydrogens (tertiary/aromatic N) is 6. The summed E-state index contributed by atoms with van der Waals surface area (Å²) in [7, 11) is -1.12. The number of benzene rings is 1. The molecule has 1 fully saturated rings. The van der Waals surface area contributed by atoms with Gasteiger partial charge in [0.05, 0.1) is 30.4 Å². The van der Waals surface area contributed by atoms with E-state index in [4.69, 9.17) is 9.84 Å². The monoisotopic (exact) mass is 512 g/mol. The Morgan fingerprint density at radius 2 is 1.97 bits per heavy atom. The SMILES string of the molecule is C[Si](C)(C)CCOCn1ccc2c(-c3cnn(C(CC#N)[C@H]4CC[C@H](c5ccccc5)C4)c3)ncnc21. The fourth-order valence-electron chi connectivity index (χ4n) is 5.48. The number of hydrogen-bond donors (Lipinski definition) is 0. The second-order valence-corrected chi connectivity index (χ2v) is 17.0. The van der Waals surface area contributed by atoms with Gasteiger partial charge in [-0.25, -0.2) is 9.97 Å². The van der Waals surface area contributed by atoms with Gasteiger partial charge in [-0.3, -0.25) is 4.68 Å². The Balaban J connectivity index is 1.33. The van der Waals surface area contributed by atoms with Gasteiger partial charge in [-0.1, -0.05) is 50.0 Å². The third-order valence-corrected chi connectivity index (χ3v) is 9.29. The summed E-state index contributed by atoms with van der Waals surface area (Å²) in [5.74, 6) is 0.981. The number of fused-ring (bicyclic) bond motifs is 1. The number of nitriles is 1. The first-order chi connectivity index (χ1) is 17.9. The number of ether oxygens (including phenoxy) is 1. The molecular weight excluding hydrogens is 476 g/mol. The summed E-state index contributed by atoms with van der Waals surface area (Å²) >= 11 is 0. The number of rotatable bonds is 10. The van der Waals surface area contributed by atoms with E-state index in [2.05, 4.69) is 78.3 Å². The highest BCUT2D eigenvalue weighted by molar-refractivity contribution is 6.76. The lowest BCUT2D eigenvalue weighted by Crippen LogP contribution is -2.22. The van der Waals surface area contributed by atoms with Crippen LogP contribution in [0.5, 0.6) is 0 Å². The first kappa shape index (κ1) is 25.4. The van der Waals surface area contributed by atoms with Gasteiger partial charge in [-0.2, -0.15) is 10.4 Å². The van der Waals surface area contributed by atoms with Crippen molar-refractivity contribution in [2.24, 2.45) is 5.92 Å². The summed E-state index contributed by atoms with van der Waals surface area (Å²) in [6.45, 7) is 8.33. The predicted molar refractivity (Wildman–Crippen MR) is 149 cm³/mol. The Morgan fingerprint density at radius 3 is 2.76 bits per heavy atom. The van der Waals surface area contributed by atoms with Crippen LogP contribution in [-0.2, 0) is 11.5 Å². The second-order valence-electron chi connectivity index (χ2n) is 11.4. The molecule has 0 aliphatic heterocycles. The third-order valence-electron chi connectivity index (χ3n) is 7.59. The molecule has 4 aromatic rings. The van der Waals surface area contributed by atoms with Crippen molar-refractivity contribution in [3.05, 3.63) is 66.9 Å². The predicted octanol–water partition coefficient (Wildman–Crippen LogP) is 6.65. The van der Waals surface area contributed by atoms with E-state index in [1.807, 2.05) is 21.6 Å². The van der Waals surface area contributed by atoms with E-state index >= 15 is 0 Å². The quantitative estimate of drug-likeness (QED) is 0.176. The molecule has 1 aliphatic carbocycles. The van der Waals surface area contributed by atoms with E-state index in [0.29, 0.717) is 25.0 Å². The lowest BCUT2D eigenvalue weighted by Gasteiger charge is -2.22. The summed E-state index contributed by atoms with van der Waals surface area (Å²) in [5, 5.41) is 15.3. The van der Waals surface area contributed by atoms with Crippen molar-refractivity contribution in [2.75, 3.05) is 6.61 Å². The maximum Gasteiger partial charge on any atom is 0.145 e. The largest absolute Gasteiger partial charge is 0.361 e. The Hall–Kier alpha value is -3.28. The van der Waals surface area contributed by atoms with E-state index in [1.165, 1.54) is 5.56 Å². The summed E-state index contributed by atoms with van der Waals surface area (Å²) in [5.41, 5.74) is 4.08. The Bertz CT molecular complexity index is 1370. The van der Waals surface area contributed by atoms with Crippen molar-refractivity contribution < 1.29 is 4.74 Å². The van der Waals surface area contributed by atoms with Gasteiger partial charge in [0.15, 0.2) is 0 Å². The zero-order chi connectivity index (χ0) is 25.8. The van der Waals surface area contributed by atoms with Gasteiger partial charge in [0.1, 0.15) is 18.7 Å². The molecule has 0 spiro atoms. The van der Waals surface area contributed by atoms with E-state index < -0.39 is 8.07 Å². The molecule has 0 saturated heterocycles. The van der Waals surface area contributed by atoms with Gasteiger partial charge >= 0.3 is 0 Å². The highest BCUT2D eigenvalue weighted by atomic mass is 28.3. The summed E-state index contributed by atoms with van der Waals surface area (Å²) < 4.78 is 10.00. The van der Waals surface area contributed by atoms with Crippen LogP contribution in [0.25, 0.3) is 22.3 Å². The molecule has 0 amide bonds. The molecule has 1 unspecified atom stereocenters. The minimum Gasteiger partial charge on any atom is -0.361 e. The smallest absolute Gasteiger partial charge is 0.145 e. The molecule has 3 heterocycles. The van der Waals surface area contributed by atoms with Gasteiger partial charge in [0.25, 0.3) is 0 Å². The molecule has 1 saturated carbocycles. The van der Waals surface area contributed by atoms with Crippen LogP contribution < -0.4 is 0 Å². The van der Waals surface area contributed by atoms with Crippen molar-refractivity contribution in [1.82, 2.24) is 24.3 Å². The van der Waals surface area contributed by atoms with Crippen LogP contribution in [0.3, 0.4) is 0 Å². The fraction of sp³-hybridized carbons (Fsp3) is 0.448. The van der Waals surface area contributed by atoms with Crippen molar-refractivity contribution >= 4 is 19.1 Å². The maximum absolute atomic E-state index is 9.62. The van der Waals surface area contributed by atoms with E-state index in [-0.39, 0.29) is 6.04 Å². The zero-order valence-corrected chi connectivity index (χ0v) is 23.0. The molecule has 7 nitrogen and oxygen atoms in total. The van der Waals surface area contributed by atoms with E-state index in [0.717, 1.165) is 54.2 Å². The molecule has 192 valence electrons. The molecule has 1 aromatic carbocycles. The van der Waals surface area contributed by atoms with Crippen LogP contribution in [0.4, 0.5) is 0 Å². The summed E-state index contributed by atoms with van der Waals surface area (Å²) in [6.07, 6.45) is 11.4. The lowest BCUT2D eigenvalue weighted by molar-refractivity contribution is 0.0899. The second kappa shape index (κ2) is 11.0. The molecule has 3 atom stereocenters. The van der Waals surface area contributed by atoms with Gasteiger partial charge in [0.2, 0.25) is 0 Å². The lowest BCUT2D eigenvalue weighted by atomic mass is 9.92. The van der Waals surface area contributed by atoms with Crippen LogP contribution in [0, 0.1) is 17.2 Å². The van der Waals surface area contributed by atoms with Crippen molar-refractivity contribution in [1.29, 1.82) is 5.26 Å². The van der Waals surface area contributed by atoms with E-state index in [9.17, 15) is 5.26 Å². The standard InChI is InChI=1S/C29H36N6OSi/c1-37(2,3)16-15-36-21-34-14-12-26-28(31-20-32-29(26)34)25-18-33-35(19-25)27(11-13-30)24-10-9-23(17-24)22-7-5-4-6-8-22/h4-8,12,14,18-20,23-24,27H,9-11,15-17,21H2,1-3H3/t23-,24-,27?/m0/s1. The third kappa shape index (κ3) is 5.84. The fourth-order valence-corrected chi connectivity index (χ4v) is 6.24. The summed E-state index contributed by atoms with van der Waals surface area (Å²) in [6, 6.07) is 16.4. The van der Waals surface area contributed by atoms with Crippen LogP contribution in [-0.4, -0.2) is 39.0 Å². The van der Waals surface area contributed by atoms with Gasteiger partial charge < -0.3 is 9.30 Å². The van der Waals surface area contributed by atoms with E-state index in [1.54, 1.807) is 6.33 Å². The highest BCUT2D eigenvalue weighted by Gasteiger charge is 2.33. The van der Waals surface area contributed by atoms with Crippen LogP contribution >= 0.6 is 0 Å². The van der Waals surface area contributed by atoms with Gasteiger partial charge in [0, 0.05) is 38.0 Å². The van der Waals surface area contributed by atoms with Crippen LogP contribution in [0.1, 0.15) is 43.2 Å². The molecule has 8 heteroatoms. The topological polar surface area (TPSA) is 81.5 Å². The average Bonchev–Trinajstić information content (AvgIpc) is 3.65. The molecule has 3 aromatic heterocycles. The first-order valence-corrected chi connectivity index (χ1v) is 17.0. The van der Waals surface area contributed by atoms with Crippen molar-refractivity contribution in [3.63, 3.8) is 0 Å². The molecule has 1 aliphatic rings. The summed E-state index contributed by atoms with van der Waals surface area (Å²) in [4.78, 5) is 9.15. The number of hydrogen-bond acceptors (Lipinski definition) is 5. The molecule has 0 N–H and O–H groups in total. The number of aromatic nitrogens is 5. The minimum atomic E-state index is -1.12. The van der Waals surface area contributed by atoms with Crippen molar-refractivity contribution in [3.8, 4) is 17.3 Å². The molecule has 0 bridgehead atoms. The molecule has 0 radical (unpaired) electrons. The Labute approximate surface area is 220 Å². The van der Waals surface area contributed by atoms with Gasteiger partial charge in [-0.05, 0) is 48.8 Å².